The van der Waals surface area contributed by atoms with Crippen LogP contribution in [0.2, 0.25) is 0 Å². The van der Waals surface area contributed by atoms with E-state index in [1.54, 1.807) is 6.07 Å². The zero-order valence-corrected chi connectivity index (χ0v) is 9.41. The molecule has 1 heterocycles. The minimum absolute atomic E-state index is 0.120. The van der Waals surface area contributed by atoms with Crippen molar-refractivity contribution < 1.29 is 4.39 Å². The first kappa shape index (κ1) is 10.9. The molecule has 3 heteroatoms. The molecule has 0 radical (unpaired) electrons. The van der Waals surface area contributed by atoms with Crippen molar-refractivity contribution in [3.05, 3.63) is 29.6 Å². The van der Waals surface area contributed by atoms with Gasteiger partial charge in [-0.15, -0.1) is 0 Å². The smallest absolute Gasteiger partial charge is 0.143 e. The van der Waals surface area contributed by atoms with Gasteiger partial charge in [-0.1, -0.05) is 13.3 Å². The van der Waals surface area contributed by atoms with Crippen molar-refractivity contribution in [1.82, 2.24) is 0 Å². The molecule has 16 heavy (non-hydrogen) atoms. The van der Waals surface area contributed by atoms with Crippen LogP contribution in [0.15, 0.2) is 18.2 Å². The molecule has 0 bridgehead atoms. The van der Waals surface area contributed by atoms with Crippen molar-refractivity contribution in [2.45, 2.75) is 19.8 Å². The van der Waals surface area contributed by atoms with Crippen molar-refractivity contribution in [3.8, 4) is 6.07 Å². The first-order chi connectivity index (χ1) is 7.74. The van der Waals surface area contributed by atoms with E-state index in [0.29, 0.717) is 0 Å². The standard InChI is InChI=1S/C13H15FN2/c1-2-10-5-6-16(9-10)12-4-3-11(8-15)13(14)7-12/h3-4,7,10H,2,5-6,9H2,1H3. The average Bonchev–Trinajstić information content (AvgIpc) is 2.77. The molecule has 0 saturated carbocycles. The molecule has 0 spiro atoms. The lowest BCUT2D eigenvalue weighted by atomic mass is 10.1. The van der Waals surface area contributed by atoms with Gasteiger partial charge < -0.3 is 4.90 Å². The minimum Gasteiger partial charge on any atom is -0.371 e. The number of hydrogen-bond acceptors (Lipinski definition) is 2. The van der Waals surface area contributed by atoms with E-state index < -0.39 is 5.82 Å². The van der Waals surface area contributed by atoms with Gasteiger partial charge in [0, 0.05) is 18.8 Å². The SMILES string of the molecule is CCC1CCN(c2ccc(C#N)c(F)c2)C1. The van der Waals surface area contributed by atoms with Crippen LogP contribution in [0, 0.1) is 23.1 Å². The Morgan fingerprint density at radius 1 is 1.56 bits per heavy atom. The van der Waals surface area contributed by atoms with Gasteiger partial charge in [0.1, 0.15) is 11.9 Å². The second-order valence-electron chi connectivity index (χ2n) is 4.28. The molecule has 0 aromatic heterocycles. The molecular weight excluding hydrogens is 203 g/mol. The monoisotopic (exact) mass is 218 g/mol. The number of nitriles is 1. The fourth-order valence-corrected chi connectivity index (χ4v) is 2.19. The van der Waals surface area contributed by atoms with Gasteiger partial charge >= 0.3 is 0 Å². The van der Waals surface area contributed by atoms with E-state index in [1.165, 1.54) is 18.9 Å². The molecule has 0 amide bonds. The van der Waals surface area contributed by atoms with Crippen molar-refractivity contribution in [2.75, 3.05) is 18.0 Å². The quantitative estimate of drug-likeness (QED) is 0.763. The number of benzene rings is 1. The second-order valence-corrected chi connectivity index (χ2v) is 4.28. The fourth-order valence-electron chi connectivity index (χ4n) is 2.19. The molecule has 1 aromatic rings. The molecule has 2 nitrogen and oxygen atoms in total. The second kappa shape index (κ2) is 4.52. The summed E-state index contributed by atoms with van der Waals surface area (Å²) < 4.78 is 13.4. The van der Waals surface area contributed by atoms with Gasteiger partial charge in [-0.05, 0) is 30.5 Å². The number of nitrogens with zero attached hydrogens (tertiary/aromatic N) is 2. The van der Waals surface area contributed by atoms with Crippen LogP contribution < -0.4 is 4.90 Å². The molecule has 2 rings (SSSR count). The Kier molecular flexibility index (Phi) is 3.09. The molecule has 1 aliphatic rings. The van der Waals surface area contributed by atoms with Crippen LogP contribution in [0.4, 0.5) is 10.1 Å². The minimum atomic E-state index is -0.417. The maximum absolute atomic E-state index is 13.4. The van der Waals surface area contributed by atoms with E-state index >= 15 is 0 Å². The van der Waals surface area contributed by atoms with Crippen LogP contribution >= 0.6 is 0 Å². The maximum atomic E-state index is 13.4. The normalized spacial score (nSPS) is 19.8. The zero-order valence-electron chi connectivity index (χ0n) is 9.41. The van der Waals surface area contributed by atoms with E-state index in [9.17, 15) is 4.39 Å². The summed E-state index contributed by atoms with van der Waals surface area (Å²) in [7, 11) is 0. The van der Waals surface area contributed by atoms with Crippen LogP contribution in [0.5, 0.6) is 0 Å². The number of anilines is 1. The van der Waals surface area contributed by atoms with Gasteiger partial charge in [0.25, 0.3) is 0 Å². The predicted octanol–water partition coefficient (Wildman–Crippen LogP) is 2.93. The van der Waals surface area contributed by atoms with Gasteiger partial charge in [0.05, 0.1) is 5.56 Å². The fraction of sp³-hybridized carbons (Fsp3) is 0.462. The van der Waals surface area contributed by atoms with Gasteiger partial charge in [0.2, 0.25) is 0 Å². The summed E-state index contributed by atoms with van der Waals surface area (Å²) in [6, 6.07) is 6.70. The maximum Gasteiger partial charge on any atom is 0.143 e. The molecule has 84 valence electrons. The Balaban J connectivity index is 2.17. The third-order valence-corrected chi connectivity index (χ3v) is 3.30. The van der Waals surface area contributed by atoms with Gasteiger partial charge in [-0.3, -0.25) is 0 Å². The lowest BCUT2D eigenvalue weighted by Gasteiger charge is -2.18. The largest absolute Gasteiger partial charge is 0.371 e. The Labute approximate surface area is 95.3 Å². The van der Waals surface area contributed by atoms with Crippen molar-refractivity contribution >= 4 is 5.69 Å². The number of halogens is 1. The number of hydrogen-bond donors (Lipinski definition) is 0. The highest BCUT2D eigenvalue weighted by molar-refractivity contribution is 5.51. The number of rotatable bonds is 2. The third kappa shape index (κ3) is 2.01. The van der Waals surface area contributed by atoms with Crippen molar-refractivity contribution in [2.24, 2.45) is 5.92 Å². The summed E-state index contributed by atoms with van der Waals surface area (Å²) in [5.41, 5.74) is 1.02. The van der Waals surface area contributed by atoms with Gasteiger partial charge in [-0.2, -0.15) is 5.26 Å². The van der Waals surface area contributed by atoms with Gasteiger partial charge in [-0.25, -0.2) is 4.39 Å². The molecule has 1 saturated heterocycles. The summed E-state index contributed by atoms with van der Waals surface area (Å²) >= 11 is 0. The molecule has 1 aliphatic heterocycles. The van der Waals surface area contributed by atoms with Crippen molar-refractivity contribution in [3.63, 3.8) is 0 Å². The summed E-state index contributed by atoms with van der Waals surface area (Å²) in [6.07, 6.45) is 2.35. The van der Waals surface area contributed by atoms with Gasteiger partial charge in [0.15, 0.2) is 0 Å². The van der Waals surface area contributed by atoms with Crippen molar-refractivity contribution in [1.29, 1.82) is 5.26 Å². The van der Waals surface area contributed by atoms with E-state index in [2.05, 4.69) is 11.8 Å². The highest BCUT2D eigenvalue weighted by Gasteiger charge is 2.21. The topological polar surface area (TPSA) is 27.0 Å². The van der Waals surface area contributed by atoms with Crippen LogP contribution in [0.3, 0.4) is 0 Å². The Hall–Kier alpha value is -1.56. The third-order valence-electron chi connectivity index (χ3n) is 3.30. The Morgan fingerprint density at radius 3 is 2.94 bits per heavy atom. The molecule has 1 aromatic carbocycles. The van der Waals surface area contributed by atoms with Crippen LogP contribution in [-0.4, -0.2) is 13.1 Å². The molecule has 0 N–H and O–H groups in total. The summed E-state index contributed by atoms with van der Waals surface area (Å²) in [5.74, 6) is 0.304. The van der Waals surface area contributed by atoms with Crippen LogP contribution in [0.1, 0.15) is 25.3 Å². The summed E-state index contributed by atoms with van der Waals surface area (Å²) in [6.45, 7) is 4.18. The van der Waals surface area contributed by atoms with Crippen LogP contribution in [0.25, 0.3) is 0 Å². The lowest BCUT2D eigenvalue weighted by Crippen LogP contribution is -2.19. The lowest BCUT2D eigenvalue weighted by molar-refractivity contribution is 0.569. The summed E-state index contributed by atoms with van der Waals surface area (Å²) in [4.78, 5) is 2.19. The zero-order chi connectivity index (χ0) is 11.5. The van der Waals surface area contributed by atoms with E-state index in [1.807, 2.05) is 12.1 Å². The Bertz CT molecular complexity index is 422. The first-order valence-corrected chi connectivity index (χ1v) is 5.69. The average molecular weight is 218 g/mol. The predicted molar refractivity (Wildman–Crippen MR) is 61.7 cm³/mol. The van der Waals surface area contributed by atoms with E-state index in [4.69, 9.17) is 5.26 Å². The molecule has 1 fully saturated rings. The highest BCUT2D eigenvalue weighted by Crippen LogP contribution is 2.26. The molecule has 1 atom stereocenters. The molecule has 0 aliphatic carbocycles. The van der Waals surface area contributed by atoms with Crippen LogP contribution in [-0.2, 0) is 0 Å². The first-order valence-electron chi connectivity index (χ1n) is 5.69. The summed E-state index contributed by atoms with van der Waals surface area (Å²) in [5, 5.41) is 8.65. The molecular formula is C13H15FN2. The highest BCUT2D eigenvalue weighted by atomic mass is 19.1. The molecule has 1 unspecified atom stereocenters. The Morgan fingerprint density at radius 2 is 2.38 bits per heavy atom. The van der Waals surface area contributed by atoms with E-state index in [0.717, 1.165) is 24.7 Å². The van der Waals surface area contributed by atoms with E-state index in [-0.39, 0.29) is 5.56 Å².